The van der Waals surface area contributed by atoms with Gasteiger partial charge in [0.2, 0.25) is 0 Å². The van der Waals surface area contributed by atoms with Crippen molar-refractivity contribution < 1.29 is 23.4 Å². The second-order valence-electron chi connectivity index (χ2n) is 7.85. The standard InChI is InChI=1S/C27H34O5/c1-4-7-16-29-18-23-26-20(6-3)10-9-11-24(26)32-27(23)21-12-14-22(15-13-21)31-19-25(28)30-17-8-5-2/h9-15H,4-8,16-19H2,1-3H3. The molecular formula is C27H34O5. The number of esters is 1. The van der Waals surface area contributed by atoms with Crippen molar-refractivity contribution in [2.45, 2.75) is 59.5 Å². The first-order valence-electron chi connectivity index (χ1n) is 11.7. The number of hydrogen-bond acceptors (Lipinski definition) is 5. The van der Waals surface area contributed by atoms with E-state index in [2.05, 4.69) is 26.8 Å². The van der Waals surface area contributed by atoms with Crippen molar-refractivity contribution in [3.63, 3.8) is 0 Å². The Morgan fingerprint density at radius 1 is 0.938 bits per heavy atom. The molecule has 172 valence electrons. The maximum absolute atomic E-state index is 11.8. The fraction of sp³-hybridized carbons (Fsp3) is 0.444. The van der Waals surface area contributed by atoms with E-state index in [1.165, 1.54) is 5.56 Å². The average Bonchev–Trinajstić information content (AvgIpc) is 3.19. The van der Waals surface area contributed by atoms with Gasteiger partial charge in [-0.2, -0.15) is 0 Å². The maximum atomic E-state index is 11.8. The van der Waals surface area contributed by atoms with E-state index in [4.69, 9.17) is 18.6 Å². The molecule has 3 rings (SSSR count). The molecule has 0 atom stereocenters. The van der Waals surface area contributed by atoms with Gasteiger partial charge in [0.15, 0.2) is 6.61 Å². The minimum Gasteiger partial charge on any atom is -0.482 e. The SMILES string of the molecule is CCCCOCc1c(-c2ccc(OCC(=O)OCCCC)cc2)oc2cccc(CC)c12. The third kappa shape index (κ3) is 6.13. The number of aryl methyl sites for hydroxylation is 1. The van der Waals surface area contributed by atoms with Crippen molar-refractivity contribution in [3.05, 3.63) is 53.6 Å². The highest BCUT2D eigenvalue weighted by atomic mass is 16.6. The van der Waals surface area contributed by atoms with Gasteiger partial charge in [0.25, 0.3) is 0 Å². The normalized spacial score (nSPS) is 11.1. The van der Waals surface area contributed by atoms with Crippen LogP contribution in [0.4, 0.5) is 0 Å². The van der Waals surface area contributed by atoms with Crippen LogP contribution in [0.3, 0.4) is 0 Å². The number of ether oxygens (including phenoxy) is 3. The molecule has 0 saturated heterocycles. The van der Waals surface area contributed by atoms with Crippen molar-refractivity contribution in [2.24, 2.45) is 0 Å². The smallest absolute Gasteiger partial charge is 0.344 e. The van der Waals surface area contributed by atoms with E-state index in [0.717, 1.165) is 66.6 Å². The molecule has 3 aromatic rings. The van der Waals surface area contributed by atoms with E-state index in [0.29, 0.717) is 19.0 Å². The Morgan fingerprint density at radius 2 is 1.69 bits per heavy atom. The molecule has 0 saturated carbocycles. The summed E-state index contributed by atoms with van der Waals surface area (Å²) in [5.41, 5.74) is 4.17. The molecule has 0 aliphatic rings. The van der Waals surface area contributed by atoms with Gasteiger partial charge in [-0.1, -0.05) is 45.7 Å². The van der Waals surface area contributed by atoms with Crippen LogP contribution in [0.5, 0.6) is 5.75 Å². The number of furan rings is 1. The quantitative estimate of drug-likeness (QED) is 0.219. The minimum atomic E-state index is -0.349. The summed E-state index contributed by atoms with van der Waals surface area (Å²) in [5, 5.41) is 1.15. The lowest BCUT2D eigenvalue weighted by atomic mass is 10.0. The van der Waals surface area contributed by atoms with Gasteiger partial charge < -0.3 is 18.6 Å². The minimum absolute atomic E-state index is 0.0932. The molecule has 0 unspecified atom stereocenters. The number of carbonyl (C=O) groups excluding carboxylic acids is 1. The zero-order chi connectivity index (χ0) is 22.8. The first-order chi connectivity index (χ1) is 15.7. The molecule has 0 N–H and O–H groups in total. The van der Waals surface area contributed by atoms with Gasteiger partial charge in [-0.05, 0) is 55.2 Å². The highest BCUT2D eigenvalue weighted by molar-refractivity contribution is 5.90. The Hall–Kier alpha value is -2.79. The lowest BCUT2D eigenvalue weighted by molar-refractivity contribution is -0.146. The zero-order valence-electron chi connectivity index (χ0n) is 19.4. The Balaban J connectivity index is 1.78. The summed E-state index contributed by atoms with van der Waals surface area (Å²) in [7, 11) is 0. The van der Waals surface area contributed by atoms with E-state index in [9.17, 15) is 4.79 Å². The lowest BCUT2D eigenvalue weighted by Gasteiger charge is -2.09. The molecule has 1 aromatic heterocycles. The second kappa shape index (κ2) is 12.3. The van der Waals surface area contributed by atoms with Gasteiger partial charge in [-0.25, -0.2) is 4.79 Å². The van der Waals surface area contributed by atoms with Crippen LogP contribution in [0, 0.1) is 0 Å². The Morgan fingerprint density at radius 3 is 2.41 bits per heavy atom. The number of hydrogen-bond donors (Lipinski definition) is 0. The van der Waals surface area contributed by atoms with Gasteiger partial charge in [-0.15, -0.1) is 0 Å². The third-order valence-corrected chi connectivity index (χ3v) is 5.40. The summed E-state index contributed by atoms with van der Waals surface area (Å²) in [6, 6.07) is 13.8. The Kier molecular flexibility index (Phi) is 9.17. The maximum Gasteiger partial charge on any atom is 0.344 e. The predicted molar refractivity (Wildman–Crippen MR) is 127 cm³/mol. The van der Waals surface area contributed by atoms with Crippen LogP contribution in [0.1, 0.15) is 57.6 Å². The van der Waals surface area contributed by atoms with E-state index < -0.39 is 0 Å². The molecule has 0 spiro atoms. The molecule has 5 heteroatoms. The zero-order valence-corrected chi connectivity index (χ0v) is 19.4. The van der Waals surface area contributed by atoms with Gasteiger partial charge in [-0.3, -0.25) is 0 Å². The van der Waals surface area contributed by atoms with E-state index in [-0.39, 0.29) is 12.6 Å². The topological polar surface area (TPSA) is 57.9 Å². The molecule has 2 aromatic carbocycles. The van der Waals surface area contributed by atoms with Crippen molar-refractivity contribution in [1.29, 1.82) is 0 Å². The van der Waals surface area contributed by atoms with Crippen LogP contribution in [0.25, 0.3) is 22.3 Å². The molecule has 0 aliphatic heterocycles. The molecule has 0 radical (unpaired) electrons. The molecule has 5 nitrogen and oxygen atoms in total. The number of unbranched alkanes of at least 4 members (excludes halogenated alkanes) is 2. The third-order valence-electron chi connectivity index (χ3n) is 5.40. The monoisotopic (exact) mass is 438 g/mol. The highest BCUT2D eigenvalue weighted by Gasteiger charge is 2.18. The average molecular weight is 439 g/mol. The van der Waals surface area contributed by atoms with E-state index >= 15 is 0 Å². The van der Waals surface area contributed by atoms with Gasteiger partial charge in [0.05, 0.1) is 13.2 Å². The summed E-state index contributed by atoms with van der Waals surface area (Å²) in [5.74, 6) is 1.09. The van der Waals surface area contributed by atoms with E-state index in [1.807, 2.05) is 36.4 Å². The largest absolute Gasteiger partial charge is 0.482 e. The molecular weight excluding hydrogens is 404 g/mol. The molecule has 1 heterocycles. The van der Waals surface area contributed by atoms with Gasteiger partial charge in [0, 0.05) is 23.1 Å². The molecule has 0 aliphatic carbocycles. The number of carbonyl (C=O) groups is 1. The van der Waals surface area contributed by atoms with Crippen molar-refractivity contribution in [2.75, 3.05) is 19.8 Å². The van der Waals surface area contributed by atoms with Crippen LogP contribution in [-0.2, 0) is 27.3 Å². The Labute approximate surface area is 190 Å². The van der Waals surface area contributed by atoms with Crippen LogP contribution in [0.15, 0.2) is 46.9 Å². The van der Waals surface area contributed by atoms with Crippen LogP contribution in [0.2, 0.25) is 0 Å². The second-order valence-corrected chi connectivity index (χ2v) is 7.85. The van der Waals surface area contributed by atoms with Crippen LogP contribution >= 0.6 is 0 Å². The van der Waals surface area contributed by atoms with E-state index in [1.54, 1.807) is 0 Å². The van der Waals surface area contributed by atoms with Crippen molar-refractivity contribution >= 4 is 16.9 Å². The highest BCUT2D eigenvalue weighted by Crippen LogP contribution is 2.37. The molecule has 0 bridgehead atoms. The lowest BCUT2D eigenvalue weighted by Crippen LogP contribution is -2.15. The van der Waals surface area contributed by atoms with Crippen LogP contribution in [-0.4, -0.2) is 25.8 Å². The molecule has 0 fully saturated rings. The summed E-state index contributed by atoms with van der Waals surface area (Å²) >= 11 is 0. The Bertz CT molecular complexity index is 987. The number of rotatable bonds is 13. The first-order valence-corrected chi connectivity index (χ1v) is 11.7. The van der Waals surface area contributed by atoms with Crippen molar-refractivity contribution in [1.82, 2.24) is 0 Å². The molecule has 32 heavy (non-hydrogen) atoms. The number of fused-ring (bicyclic) bond motifs is 1. The predicted octanol–water partition coefficient (Wildman–Crippen LogP) is 6.70. The summed E-state index contributed by atoms with van der Waals surface area (Å²) in [6.45, 7) is 7.96. The summed E-state index contributed by atoms with van der Waals surface area (Å²) in [6.07, 6.45) is 4.93. The van der Waals surface area contributed by atoms with Gasteiger partial charge in [0.1, 0.15) is 17.1 Å². The number of benzene rings is 2. The summed E-state index contributed by atoms with van der Waals surface area (Å²) in [4.78, 5) is 11.8. The first kappa shape index (κ1) is 23.9. The van der Waals surface area contributed by atoms with Gasteiger partial charge >= 0.3 is 5.97 Å². The molecule has 0 amide bonds. The fourth-order valence-electron chi connectivity index (χ4n) is 3.59. The summed E-state index contributed by atoms with van der Waals surface area (Å²) < 4.78 is 23.0. The van der Waals surface area contributed by atoms with Crippen molar-refractivity contribution in [3.8, 4) is 17.1 Å². The fourth-order valence-corrected chi connectivity index (χ4v) is 3.59. The van der Waals surface area contributed by atoms with Crippen LogP contribution < -0.4 is 4.74 Å².